The molecule has 12 heavy (non-hydrogen) atoms. The molecule has 0 saturated heterocycles. The van der Waals surface area contributed by atoms with Gasteiger partial charge in [0, 0.05) is 5.25 Å². The molecule has 0 fully saturated rings. The van der Waals surface area contributed by atoms with Crippen LogP contribution in [0.4, 0.5) is 5.95 Å². The van der Waals surface area contributed by atoms with Crippen LogP contribution in [0.5, 0.6) is 0 Å². The fraction of sp³-hybridized carbons (Fsp3) is 0.600. The van der Waals surface area contributed by atoms with Crippen LogP contribution in [0.15, 0.2) is 5.16 Å². The first-order valence-electron chi connectivity index (χ1n) is 3.49. The molecule has 0 spiro atoms. The van der Waals surface area contributed by atoms with Crippen LogP contribution >= 0.6 is 11.8 Å². The summed E-state index contributed by atoms with van der Waals surface area (Å²) >= 11 is 1.53. The number of nitrogens with two attached hydrogens (primary N) is 2. The van der Waals surface area contributed by atoms with E-state index in [-0.39, 0.29) is 0 Å². The predicted octanol–water partition coefficient (Wildman–Crippen LogP) is -0.222. The average Bonchev–Trinajstić information content (AvgIpc) is 2.32. The third kappa shape index (κ3) is 1.80. The number of thioether (sulfide) groups is 1. The lowest BCUT2D eigenvalue weighted by Gasteiger charge is -2.03. The Kier molecular flexibility index (Phi) is 2.77. The van der Waals surface area contributed by atoms with Gasteiger partial charge < -0.3 is 5.84 Å². The largest absolute Gasteiger partial charge is 0.334 e. The molecule has 1 rings (SSSR count). The maximum Gasteiger partial charge on any atom is 0.258 e. The minimum absolute atomic E-state index is 0.359. The molecule has 1 heterocycles. The normalized spacial score (nSPS) is 10.7. The smallest absolute Gasteiger partial charge is 0.258 e. The molecule has 0 aromatic carbocycles. The highest BCUT2D eigenvalue weighted by molar-refractivity contribution is 7.99. The third-order valence-corrected chi connectivity index (χ3v) is 2.10. The Bertz CT molecular complexity index is 256. The summed E-state index contributed by atoms with van der Waals surface area (Å²) in [6, 6.07) is 0. The van der Waals surface area contributed by atoms with Crippen molar-refractivity contribution in [3.63, 3.8) is 0 Å². The summed E-state index contributed by atoms with van der Waals surface area (Å²) in [6.45, 7) is 4.10. The van der Waals surface area contributed by atoms with Crippen molar-refractivity contribution in [3.05, 3.63) is 0 Å². The van der Waals surface area contributed by atoms with Crippen LogP contribution in [-0.4, -0.2) is 20.1 Å². The van der Waals surface area contributed by atoms with Gasteiger partial charge in [-0.3, -0.25) is 5.43 Å². The number of nitrogens with zero attached hydrogens (tertiary/aromatic N) is 3. The molecule has 0 aliphatic rings. The van der Waals surface area contributed by atoms with Gasteiger partial charge in [0.25, 0.3) is 5.95 Å². The monoisotopic (exact) mass is 188 g/mol. The highest BCUT2D eigenvalue weighted by atomic mass is 32.2. The van der Waals surface area contributed by atoms with E-state index in [1.54, 1.807) is 0 Å². The highest BCUT2D eigenvalue weighted by Gasteiger charge is 2.09. The van der Waals surface area contributed by atoms with E-state index in [2.05, 4.69) is 29.5 Å². The first kappa shape index (κ1) is 9.14. The number of hydrogen-bond acceptors (Lipinski definition) is 6. The Balaban J connectivity index is 2.80. The predicted molar refractivity (Wildman–Crippen MR) is 49.0 cm³/mol. The van der Waals surface area contributed by atoms with Crippen molar-refractivity contribution >= 4 is 17.7 Å². The minimum Gasteiger partial charge on any atom is -0.334 e. The van der Waals surface area contributed by atoms with Crippen molar-refractivity contribution in [2.75, 3.05) is 11.3 Å². The molecule has 5 N–H and O–H groups in total. The van der Waals surface area contributed by atoms with E-state index in [0.29, 0.717) is 16.4 Å². The number of hydrogen-bond donors (Lipinski definition) is 3. The van der Waals surface area contributed by atoms with Gasteiger partial charge in [0.15, 0.2) is 0 Å². The number of hydrazine groups is 1. The van der Waals surface area contributed by atoms with Gasteiger partial charge in [-0.2, -0.15) is 0 Å². The Morgan fingerprint density at radius 2 is 2.17 bits per heavy atom. The van der Waals surface area contributed by atoms with Crippen molar-refractivity contribution in [2.45, 2.75) is 24.3 Å². The Labute approximate surface area is 74.6 Å². The van der Waals surface area contributed by atoms with Gasteiger partial charge in [-0.25, -0.2) is 10.5 Å². The summed E-state index contributed by atoms with van der Waals surface area (Å²) in [5.74, 6) is 11.1. The van der Waals surface area contributed by atoms with Gasteiger partial charge in [0.05, 0.1) is 0 Å². The van der Waals surface area contributed by atoms with Crippen molar-refractivity contribution < 1.29 is 0 Å². The Morgan fingerprint density at radius 1 is 1.50 bits per heavy atom. The Morgan fingerprint density at radius 3 is 2.58 bits per heavy atom. The number of anilines is 1. The van der Waals surface area contributed by atoms with Crippen LogP contribution in [0.3, 0.4) is 0 Å². The number of rotatable bonds is 3. The summed E-state index contributed by atoms with van der Waals surface area (Å²) in [5.41, 5.74) is 2.34. The zero-order valence-corrected chi connectivity index (χ0v) is 7.80. The maximum atomic E-state index is 5.59. The third-order valence-electron chi connectivity index (χ3n) is 1.13. The zero-order valence-electron chi connectivity index (χ0n) is 6.98. The van der Waals surface area contributed by atoms with Crippen LogP contribution in [-0.2, 0) is 0 Å². The van der Waals surface area contributed by atoms with Crippen LogP contribution in [0, 0.1) is 0 Å². The number of aromatic nitrogens is 3. The summed E-state index contributed by atoms with van der Waals surface area (Å²) in [4.78, 5) is 0. The van der Waals surface area contributed by atoms with Gasteiger partial charge in [-0.1, -0.05) is 25.6 Å². The molecule has 0 aliphatic heterocycles. The van der Waals surface area contributed by atoms with E-state index >= 15 is 0 Å². The van der Waals surface area contributed by atoms with Gasteiger partial charge in [-0.05, 0) is 0 Å². The second kappa shape index (κ2) is 3.63. The number of nitrogens with one attached hydrogen (secondary N) is 1. The Hall–Kier alpha value is -0.950. The molecule has 0 bridgehead atoms. The molecule has 6 nitrogen and oxygen atoms in total. The molecule has 0 atom stereocenters. The molecule has 1 aromatic heterocycles. The van der Waals surface area contributed by atoms with Gasteiger partial charge in [0.2, 0.25) is 5.16 Å². The molecule has 0 radical (unpaired) electrons. The second-order valence-corrected chi connectivity index (χ2v) is 4.03. The van der Waals surface area contributed by atoms with E-state index in [1.165, 1.54) is 16.4 Å². The summed E-state index contributed by atoms with van der Waals surface area (Å²) < 4.78 is 1.32. The average molecular weight is 188 g/mol. The van der Waals surface area contributed by atoms with Crippen molar-refractivity contribution in [1.82, 2.24) is 14.9 Å². The van der Waals surface area contributed by atoms with E-state index in [1.807, 2.05) is 0 Å². The molecule has 7 heteroatoms. The van der Waals surface area contributed by atoms with Crippen LogP contribution in [0.2, 0.25) is 0 Å². The fourth-order valence-corrected chi connectivity index (χ4v) is 1.38. The molecule has 0 saturated carbocycles. The van der Waals surface area contributed by atoms with Crippen LogP contribution < -0.4 is 17.1 Å². The summed E-state index contributed by atoms with van der Waals surface area (Å²) in [5, 5.41) is 8.62. The van der Waals surface area contributed by atoms with E-state index < -0.39 is 0 Å². The van der Waals surface area contributed by atoms with Gasteiger partial charge in [0.1, 0.15) is 0 Å². The molecular weight excluding hydrogens is 176 g/mol. The maximum absolute atomic E-state index is 5.59. The number of nitrogen functional groups attached to an aromatic ring is 2. The molecule has 0 amide bonds. The molecule has 1 aromatic rings. The molecular formula is C5H12N6S. The van der Waals surface area contributed by atoms with E-state index in [0.717, 1.165) is 0 Å². The molecule has 0 unspecified atom stereocenters. The van der Waals surface area contributed by atoms with Gasteiger partial charge in [-0.15, -0.1) is 10.2 Å². The summed E-state index contributed by atoms with van der Waals surface area (Å²) in [7, 11) is 0. The quantitative estimate of drug-likeness (QED) is 0.345. The lowest BCUT2D eigenvalue weighted by atomic mass is 10.6. The van der Waals surface area contributed by atoms with Crippen molar-refractivity contribution in [1.29, 1.82) is 0 Å². The van der Waals surface area contributed by atoms with Crippen molar-refractivity contribution in [3.8, 4) is 0 Å². The first-order valence-corrected chi connectivity index (χ1v) is 4.37. The van der Waals surface area contributed by atoms with E-state index in [9.17, 15) is 0 Å². The van der Waals surface area contributed by atoms with E-state index in [4.69, 9.17) is 11.7 Å². The van der Waals surface area contributed by atoms with Crippen molar-refractivity contribution in [2.24, 2.45) is 5.84 Å². The fourth-order valence-electron chi connectivity index (χ4n) is 0.667. The van der Waals surface area contributed by atoms with Crippen LogP contribution in [0.1, 0.15) is 13.8 Å². The second-order valence-electron chi connectivity index (χ2n) is 2.49. The lowest BCUT2D eigenvalue weighted by Crippen LogP contribution is -2.18. The molecule has 0 aliphatic carbocycles. The highest BCUT2D eigenvalue weighted by Crippen LogP contribution is 2.20. The first-order chi connectivity index (χ1) is 5.65. The lowest BCUT2D eigenvalue weighted by molar-refractivity contribution is 0.842. The molecule has 68 valence electrons. The standard InChI is InChI=1S/C5H12N6S/c1-3(2)12-5-10-9-4(8-6)11(5)7/h3H,6-7H2,1-2H3,(H,8,9). The van der Waals surface area contributed by atoms with Crippen LogP contribution in [0.25, 0.3) is 0 Å². The topological polar surface area (TPSA) is 94.8 Å². The zero-order chi connectivity index (χ0) is 9.14. The minimum atomic E-state index is 0.359. The SMILES string of the molecule is CC(C)Sc1nnc(NN)n1N. The van der Waals surface area contributed by atoms with Gasteiger partial charge >= 0.3 is 0 Å². The summed E-state index contributed by atoms with van der Waals surface area (Å²) in [6.07, 6.45) is 0.